The van der Waals surface area contributed by atoms with E-state index in [4.69, 9.17) is 9.52 Å². The van der Waals surface area contributed by atoms with Gasteiger partial charge in [-0.3, -0.25) is 14.9 Å². The summed E-state index contributed by atoms with van der Waals surface area (Å²) in [6.07, 6.45) is 1.35. The van der Waals surface area contributed by atoms with Crippen molar-refractivity contribution >= 4 is 17.7 Å². The van der Waals surface area contributed by atoms with Crippen LogP contribution in [0, 0.1) is 10.1 Å². The minimum atomic E-state index is -1.03. The Hall–Kier alpha value is -2.90. The van der Waals surface area contributed by atoms with Crippen molar-refractivity contribution in [1.82, 2.24) is 4.98 Å². The summed E-state index contributed by atoms with van der Waals surface area (Å²) in [5.41, 5.74) is 1.07. The van der Waals surface area contributed by atoms with Crippen LogP contribution in [0.5, 0.6) is 0 Å². The Morgan fingerprint density at radius 2 is 2.10 bits per heavy atom. The molecule has 0 unspecified atom stereocenters. The summed E-state index contributed by atoms with van der Waals surface area (Å²) in [4.78, 5) is 24.8. The fourth-order valence-corrected chi connectivity index (χ4v) is 1.47. The summed E-state index contributed by atoms with van der Waals surface area (Å²) < 4.78 is 5.10. The Morgan fingerprint density at radius 1 is 1.45 bits per heavy atom. The highest BCUT2D eigenvalue weighted by molar-refractivity contribution is 5.76. The quantitative estimate of drug-likeness (QED) is 0.634. The van der Waals surface area contributed by atoms with Crippen LogP contribution >= 0.6 is 0 Å². The molecule has 104 valence electrons. The van der Waals surface area contributed by atoms with Crippen molar-refractivity contribution < 1.29 is 19.2 Å². The first-order valence-electron chi connectivity index (χ1n) is 5.67. The van der Waals surface area contributed by atoms with Gasteiger partial charge in [-0.25, -0.2) is 0 Å². The summed E-state index contributed by atoms with van der Waals surface area (Å²) in [6, 6.07) is 5.04. The lowest BCUT2D eigenvalue weighted by molar-refractivity contribution is -0.384. The number of oxazole rings is 1. The minimum Gasteiger partial charge on any atom is -0.480 e. The Bertz CT molecular complexity index is 635. The van der Waals surface area contributed by atoms with Crippen LogP contribution in [0.1, 0.15) is 6.92 Å². The van der Waals surface area contributed by atoms with Crippen molar-refractivity contribution in [1.29, 1.82) is 0 Å². The van der Waals surface area contributed by atoms with Gasteiger partial charge in [0.25, 0.3) is 11.7 Å². The maximum atomic E-state index is 10.7. The Balaban J connectivity index is 2.16. The van der Waals surface area contributed by atoms with Gasteiger partial charge in [0.15, 0.2) is 0 Å². The summed E-state index contributed by atoms with van der Waals surface area (Å²) >= 11 is 0. The number of non-ortho nitro benzene ring substituents is 1. The molecule has 2 rings (SSSR count). The number of rotatable bonds is 5. The third kappa shape index (κ3) is 2.91. The third-order valence-electron chi connectivity index (χ3n) is 2.59. The van der Waals surface area contributed by atoms with E-state index in [-0.39, 0.29) is 11.7 Å². The van der Waals surface area contributed by atoms with Crippen LogP contribution in [-0.2, 0) is 4.79 Å². The number of nitrogens with one attached hydrogen (secondary N) is 1. The molecule has 2 aromatic rings. The van der Waals surface area contributed by atoms with Crippen LogP contribution in [0.4, 0.5) is 11.7 Å². The molecule has 1 heterocycles. The van der Waals surface area contributed by atoms with Gasteiger partial charge < -0.3 is 14.8 Å². The summed E-state index contributed by atoms with van der Waals surface area (Å²) in [5, 5.41) is 21.9. The number of benzene rings is 1. The molecular weight excluding hydrogens is 266 g/mol. The number of hydrogen-bond donors (Lipinski definition) is 2. The molecule has 2 N–H and O–H groups in total. The van der Waals surface area contributed by atoms with Crippen molar-refractivity contribution in [2.24, 2.45) is 0 Å². The van der Waals surface area contributed by atoms with Gasteiger partial charge in [-0.2, -0.15) is 4.98 Å². The average Bonchev–Trinajstić information content (AvgIpc) is 2.87. The van der Waals surface area contributed by atoms with Gasteiger partial charge in [-0.05, 0) is 19.1 Å². The molecule has 0 radical (unpaired) electrons. The Kier molecular flexibility index (Phi) is 3.65. The van der Waals surface area contributed by atoms with Gasteiger partial charge >= 0.3 is 5.97 Å². The molecule has 8 nitrogen and oxygen atoms in total. The molecule has 0 aliphatic heterocycles. The number of nitro groups is 1. The highest BCUT2D eigenvalue weighted by Gasteiger charge is 2.14. The monoisotopic (exact) mass is 277 g/mol. The number of aliphatic carboxylic acids is 1. The lowest BCUT2D eigenvalue weighted by Crippen LogP contribution is -2.25. The SMILES string of the molecule is C[C@@H](Nc1nc(-c2ccc([N+](=O)[O-])cc2)co1)C(=O)O. The van der Waals surface area contributed by atoms with Crippen LogP contribution in [0.25, 0.3) is 11.3 Å². The molecular formula is C12H11N3O5. The van der Waals surface area contributed by atoms with E-state index in [1.165, 1.54) is 25.3 Å². The molecule has 0 fully saturated rings. The average molecular weight is 277 g/mol. The second-order valence-corrected chi connectivity index (χ2v) is 4.05. The van der Waals surface area contributed by atoms with Gasteiger partial charge in [-0.1, -0.05) is 0 Å². The third-order valence-corrected chi connectivity index (χ3v) is 2.59. The van der Waals surface area contributed by atoms with Gasteiger partial charge in [0.1, 0.15) is 18.0 Å². The molecule has 1 atom stereocenters. The number of nitro benzene ring substituents is 1. The molecule has 0 aliphatic carbocycles. The lowest BCUT2D eigenvalue weighted by atomic mass is 10.1. The van der Waals surface area contributed by atoms with Crippen molar-refractivity contribution in [3.8, 4) is 11.3 Å². The molecule has 1 aromatic heterocycles. The van der Waals surface area contributed by atoms with Gasteiger partial charge in [-0.15, -0.1) is 0 Å². The van der Waals surface area contributed by atoms with Gasteiger partial charge in [0.05, 0.1) is 4.92 Å². The van der Waals surface area contributed by atoms with E-state index in [1.807, 2.05) is 0 Å². The van der Waals surface area contributed by atoms with Crippen LogP contribution < -0.4 is 5.32 Å². The molecule has 0 spiro atoms. The van der Waals surface area contributed by atoms with E-state index in [9.17, 15) is 14.9 Å². The fraction of sp³-hybridized carbons (Fsp3) is 0.167. The molecule has 0 saturated heterocycles. The minimum absolute atomic E-state index is 0.0184. The zero-order valence-electron chi connectivity index (χ0n) is 10.4. The second kappa shape index (κ2) is 5.39. The summed E-state index contributed by atoms with van der Waals surface area (Å²) in [7, 11) is 0. The van der Waals surface area contributed by atoms with Gasteiger partial charge in [0.2, 0.25) is 0 Å². The normalized spacial score (nSPS) is 11.8. The molecule has 1 aromatic carbocycles. The van der Waals surface area contributed by atoms with Crippen LogP contribution in [0.15, 0.2) is 34.9 Å². The van der Waals surface area contributed by atoms with E-state index >= 15 is 0 Å². The van der Waals surface area contributed by atoms with E-state index in [0.717, 1.165) is 0 Å². The first-order valence-corrected chi connectivity index (χ1v) is 5.67. The first-order chi connectivity index (χ1) is 9.47. The lowest BCUT2D eigenvalue weighted by Gasteiger charge is -2.04. The Labute approximate surface area is 113 Å². The fourth-order valence-electron chi connectivity index (χ4n) is 1.47. The van der Waals surface area contributed by atoms with E-state index in [2.05, 4.69) is 10.3 Å². The number of aromatic nitrogens is 1. The predicted molar refractivity (Wildman–Crippen MR) is 69.3 cm³/mol. The number of anilines is 1. The molecule has 8 heteroatoms. The predicted octanol–water partition coefficient (Wildman–Crippen LogP) is 2.13. The molecule has 0 aliphatic rings. The van der Waals surface area contributed by atoms with Crippen molar-refractivity contribution in [2.75, 3.05) is 5.32 Å². The number of carboxylic acids is 1. The van der Waals surface area contributed by atoms with E-state index in [0.29, 0.717) is 11.3 Å². The van der Waals surface area contributed by atoms with Crippen LogP contribution in [-0.4, -0.2) is 27.0 Å². The van der Waals surface area contributed by atoms with Crippen LogP contribution in [0.2, 0.25) is 0 Å². The molecule has 20 heavy (non-hydrogen) atoms. The van der Waals surface area contributed by atoms with Crippen molar-refractivity contribution in [2.45, 2.75) is 13.0 Å². The number of nitrogens with zero attached hydrogens (tertiary/aromatic N) is 2. The number of hydrogen-bond acceptors (Lipinski definition) is 6. The van der Waals surface area contributed by atoms with Crippen molar-refractivity contribution in [3.05, 3.63) is 40.6 Å². The van der Waals surface area contributed by atoms with Gasteiger partial charge in [0, 0.05) is 17.7 Å². The topological polar surface area (TPSA) is 119 Å². The molecule has 0 saturated carbocycles. The summed E-state index contributed by atoms with van der Waals surface area (Å²) in [6.45, 7) is 1.46. The highest BCUT2D eigenvalue weighted by Crippen LogP contribution is 2.23. The molecule has 0 bridgehead atoms. The standard InChI is InChI=1S/C12H11N3O5/c1-7(11(16)17)13-12-14-10(6-20-12)8-2-4-9(5-3-8)15(18)19/h2-7H,1H3,(H,13,14)(H,16,17)/t7-/m1/s1. The maximum Gasteiger partial charge on any atom is 0.325 e. The zero-order valence-corrected chi connectivity index (χ0v) is 10.4. The van der Waals surface area contributed by atoms with E-state index in [1.54, 1.807) is 12.1 Å². The first kappa shape index (κ1) is 13.5. The van der Waals surface area contributed by atoms with Crippen LogP contribution in [0.3, 0.4) is 0 Å². The van der Waals surface area contributed by atoms with E-state index < -0.39 is 16.9 Å². The number of carboxylic acid groups (broad SMARTS) is 1. The largest absolute Gasteiger partial charge is 0.480 e. The summed E-state index contributed by atoms with van der Waals surface area (Å²) in [5.74, 6) is -1.03. The number of carbonyl (C=O) groups is 1. The highest BCUT2D eigenvalue weighted by atomic mass is 16.6. The maximum absolute atomic E-state index is 10.7. The second-order valence-electron chi connectivity index (χ2n) is 4.05. The zero-order chi connectivity index (χ0) is 14.7. The Morgan fingerprint density at radius 3 is 2.65 bits per heavy atom. The van der Waals surface area contributed by atoms with Crippen molar-refractivity contribution in [3.63, 3.8) is 0 Å². The smallest absolute Gasteiger partial charge is 0.325 e. The molecule has 0 amide bonds.